The molecule has 0 bridgehead atoms. The van der Waals surface area contributed by atoms with E-state index in [2.05, 4.69) is 15.5 Å². The maximum atomic E-state index is 12.0. The summed E-state index contributed by atoms with van der Waals surface area (Å²) in [6.07, 6.45) is 0. The van der Waals surface area contributed by atoms with Crippen LogP contribution in [0.15, 0.2) is 0 Å². The van der Waals surface area contributed by atoms with Crippen LogP contribution in [0.4, 0.5) is 5.13 Å². The highest BCUT2D eigenvalue weighted by molar-refractivity contribution is 7.91. The molecule has 7 nitrogen and oxygen atoms in total. The minimum atomic E-state index is -2.97. The third-order valence-corrected chi connectivity index (χ3v) is 5.05. The SMILES string of the molecule is CCNc1nnc(C(=O)N2CCS(=O)(=O)CC2)s1. The van der Waals surface area contributed by atoms with Crippen LogP contribution in [0.3, 0.4) is 0 Å². The number of nitrogens with one attached hydrogen (secondary N) is 1. The van der Waals surface area contributed by atoms with Crippen molar-refractivity contribution in [3.63, 3.8) is 0 Å². The minimum absolute atomic E-state index is 0.0254. The molecule has 100 valence electrons. The number of aromatic nitrogens is 2. The molecule has 18 heavy (non-hydrogen) atoms. The lowest BCUT2D eigenvalue weighted by Crippen LogP contribution is -2.43. The van der Waals surface area contributed by atoms with Gasteiger partial charge in [0.2, 0.25) is 10.1 Å². The second kappa shape index (κ2) is 5.19. The van der Waals surface area contributed by atoms with Crippen molar-refractivity contribution in [2.24, 2.45) is 0 Å². The summed E-state index contributed by atoms with van der Waals surface area (Å²) in [6.45, 7) is 3.11. The van der Waals surface area contributed by atoms with Crippen molar-refractivity contribution >= 4 is 32.2 Å². The Hall–Kier alpha value is -1.22. The van der Waals surface area contributed by atoms with Crippen LogP contribution in [-0.4, -0.2) is 60.6 Å². The molecule has 1 N–H and O–H groups in total. The van der Waals surface area contributed by atoms with Crippen molar-refractivity contribution in [2.75, 3.05) is 36.5 Å². The molecular formula is C9H14N4O3S2. The Labute approximate surface area is 109 Å². The highest BCUT2D eigenvalue weighted by Crippen LogP contribution is 2.17. The largest absolute Gasteiger partial charge is 0.360 e. The van der Waals surface area contributed by atoms with Crippen LogP contribution in [0.5, 0.6) is 0 Å². The van der Waals surface area contributed by atoms with Crippen molar-refractivity contribution in [1.29, 1.82) is 0 Å². The first-order valence-corrected chi connectivity index (χ1v) is 8.22. The van der Waals surface area contributed by atoms with Gasteiger partial charge in [0.1, 0.15) is 0 Å². The first-order valence-electron chi connectivity index (χ1n) is 5.59. The van der Waals surface area contributed by atoms with E-state index in [-0.39, 0.29) is 30.5 Å². The number of sulfone groups is 1. The monoisotopic (exact) mass is 290 g/mol. The van der Waals surface area contributed by atoms with Gasteiger partial charge in [-0.25, -0.2) is 8.42 Å². The summed E-state index contributed by atoms with van der Waals surface area (Å²) in [5.41, 5.74) is 0. The second-order valence-corrected chi connectivity index (χ2v) is 7.17. The van der Waals surface area contributed by atoms with Crippen molar-refractivity contribution in [3.8, 4) is 0 Å². The van der Waals surface area contributed by atoms with E-state index in [9.17, 15) is 13.2 Å². The maximum Gasteiger partial charge on any atom is 0.284 e. The van der Waals surface area contributed by atoms with Gasteiger partial charge in [0, 0.05) is 19.6 Å². The van der Waals surface area contributed by atoms with E-state index >= 15 is 0 Å². The topological polar surface area (TPSA) is 92.3 Å². The molecule has 1 aromatic heterocycles. The standard InChI is InChI=1S/C9H14N4O3S2/c1-2-10-9-12-11-7(17-9)8(14)13-3-5-18(15,16)6-4-13/h2-6H2,1H3,(H,10,12). The number of hydrogen-bond donors (Lipinski definition) is 1. The molecule has 0 aromatic carbocycles. The Morgan fingerprint density at radius 2 is 2.06 bits per heavy atom. The van der Waals surface area contributed by atoms with Crippen LogP contribution < -0.4 is 5.32 Å². The van der Waals surface area contributed by atoms with Crippen LogP contribution in [0.25, 0.3) is 0 Å². The summed E-state index contributed by atoms with van der Waals surface area (Å²) in [5, 5.41) is 11.5. The number of anilines is 1. The van der Waals surface area contributed by atoms with Gasteiger partial charge in [0.05, 0.1) is 11.5 Å². The van der Waals surface area contributed by atoms with Gasteiger partial charge in [0.15, 0.2) is 9.84 Å². The highest BCUT2D eigenvalue weighted by Gasteiger charge is 2.27. The van der Waals surface area contributed by atoms with Crippen molar-refractivity contribution in [2.45, 2.75) is 6.92 Å². The molecule has 0 atom stereocenters. The van der Waals surface area contributed by atoms with Gasteiger partial charge < -0.3 is 10.2 Å². The van der Waals surface area contributed by atoms with Crippen LogP contribution >= 0.6 is 11.3 Å². The molecule has 9 heteroatoms. The van der Waals surface area contributed by atoms with E-state index < -0.39 is 9.84 Å². The molecule has 1 fully saturated rings. The number of nitrogens with zero attached hydrogens (tertiary/aromatic N) is 3. The summed E-state index contributed by atoms with van der Waals surface area (Å²) in [6, 6.07) is 0. The zero-order valence-corrected chi connectivity index (χ0v) is 11.6. The van der Waals surface area contributed by atoms with Crippen molar-refractivity contribution in [1.82, 2.24) is 15.1 Å². The molecule has 0 aliphatic carbocycles. The van der Waals surface area contributed by atoms with Crippen LogP contribution in [-0.2, 0) is 9.84 Å². The Balaban J connectivity index is 2.03. The lowest BCUT2D eigenvalue weighted by molar-refractivity contribution is 0.0769. The summed E-state index contributed by atoms with van der Waals surface area (Å²) in [7, 11) is -2.97. The van der Waals surface area contributed by atoms with E-state index in [1.807, 2.05) is 6.92 Å². The summed E-state index contributed by atoms with van der Waals surface area (Å²) >= 11 is 1.19. The Bertz CT molecular complexity index is 526. The number of carbonyl (C=O) groups excluding carboxylic acids is 1. The zero-order chi connectivity index (χ0) is 13.2. The van der Waals surface area contributed by atoms with Gasteiger partial charge in [-0.3, -0.25) is 4.79 Å². The lowest BCUT2D eigenvalue weighted by atomic mass is 10.4. The number of hydrogen-bond acceptors (Lipinski definition) is 7. The Kier molecular flexibility index (Phi) is 3.81. The van der Waals surface area contributed by atoms with Crippen molar-refractivity contribution in [3.05, 3.63) is 5.01 Å². The fourth-order valence-electron chi connectivity index (χ4n) is 1.58. The van der Waals surface area contributed by atoms with Crippen LogP contribution in [0.2, 0.25) is 0 Å². The summed E-state index contributed by atoms with van der Waals surface area (Å²) in [5.74, 6) is -0.193. The zero-order valence-electron chi connectivity index (χ0n) is 9.92. The van der Waals surface area contributed by atoms with E-state index in [0.29, 0.717) is 16.7 Å². The van der Waals surface area contributed by atoms with Gasteiger partial charge >= 0.3 is 0 Å². The fraction of sp³-hybridized carbons (Fsp3) is 0.667. The number of rotatable bonds is 3. The molecule has 2 rings (SSSR count). The molecule has 1 aliphatic heterocycles. The molecule has 1 aliphatic rings. The normalized spacial score (nSPS) is 18.6. The van der Waals surface area contributed by atoms with Gasteiger partial charge in [-0.1, -0.05) is 11.3 Å². The van der Waals surface area contributed by atoms with E-state index in [1.165, 1.54) is 16.2 Å². The van der Waals surface area contributed by atoms with E-state index in [4.69, 9.17) is 0 Å². The number of amides is 1. The van der Waals surface area contributed by atoms with Crippen LogP contribution in [0.1, 0.15) is 16.7 Å². The van der Waals surface area contributed by atoms with Crippen LogP contribution in [0, 0.1) is 0 Å². The molecule has 1 aromatic rings. The lowest BCUT2D eigenvalue weighted by Gasteiger charge is -2.25. The fourth-order valence-corrected chi connectivity index (χ4v) is 3.56. The molecular weight excluding hydrogens is 276 g/mol. The maximum absolute atomic E-state index is 12.0. The predicted molar refractivity (Wildman–Crippen MR) is 68.6 cm³/mol. The molecule has 1 saturated heterocycles. The number of carbonyl (C=O) groups is 1. The summed E-state index contributed by atoms with van der Waals surface area (Å²) in [4.78, 5) is 13.6. The first-order chi connectivity index (χ1) is 8.52. The van der Waals surface area contributed by atoms with E-state index in [1.54, 1.807) is 0 Å². The average Bonchev–Trinajstić information content (AvgIpc) is 2.77. The molecule has 0 saturated carbocycles. The summed E-state index contributed by atoms with van der Waals surface area (Å²) < 4.78 is 22.5. The quantitative estimate of drug-likeness (QED) is 0.831. The third kappa shape index (κ3) is 2.96. The molecule has 0 unspecified atom stereocenters. The Morgan fingerprint density at radius 3 is 2.67 bits per heavy atom. The second-order valence-electron chi connectivity index (χ2n) is 3.89. The predicted octanol–water partition coefficient (Wildman–Crippen LogP) is -0.160. The van der Waals surface area contributed by atoms with Crippen molar-refractivity contribution < 1.29 is 13.2 Å². The van der Waals surface area contributed by atoms with E-state index in [0.717, 1.165) is 0 Å². The first kappa shape index (κ1) is 13.2. The molecule has 0 spiro atoms. The molecule has 0 radical (unpaired) electrons. The van der Waals surface area contributed by atoms with Gasteiger partial charge in [-0.2, -0.15) is 0 Å². The molecule has 2 heterocycles. The smallest absolute Gasteiger partial charge is 0.284 e. The minimum Gasteiger partial charge on any atom is -0.360 e. The third-order valence-electron chi connectivity index (χ3n) is 2.57. The van der Waals surface area contributed by atoms with Gasteiger partial charge in [-0.15, -0.1) is 10.2 Å². The molecule has 1 amide bonds. The van der Waals surface area contributed by atoms with Gasteiger partial charge in [0.25, 0.3) is 5.91 Å². The highest BCUT2D eigenvalue weighted by atomic mass is 32.2. The Morgan fingerprint density at radius 1 is 1.39 bits per heavy atom. The van der Waals surface area contributed by atoms with Gasteiger partial charge in [-0.05, 0) is 6.92 Å². The average molecular weight is 290 g/mol.